The molecular weight excluding hydrogens is 280 g/mol. The predicted octanol–water partition coefficient (Wildman–Crippen LogP) is 2.28. The number of aromatic nitrogens is 3. The van der Waals surface area contributed by atoms with Crippen molar-refractivity contribution in [3.8, 4) is 0 Å². The first-order valence-electron chi connectivity index (χ1n) is 7.83. The van der Waals surface area contributed by atoms with Crippen LogP contribution in [0.15, 0.2) is 22.8 Å². The lowest BCUT2D eigenvalue weighted by atomic mass is 10.0. The van der Waals surface area contributed by atoms with E-state index in [4.69, 9.17) is 4.42 Å². The SMILES string of the molecule is Cc1nc(C)n([C@@H]2CCCN(C(=O)CCc3ccco3)C2)n1. The number of furan rings is 1. The number of aryl methyl sites for hydroxylation is 3. The highest BCUT2D eigenvalue weighted by Gasteiger charge is 2.26. The average Bonchev–Trinajstić information content (AvgIpc) is 3.14. The minimum absolute atomic E-state index is 0.190. The van der Waals surface area contributed by atoms with Gasteiger partial charge in [-0.15, -0.1) is 0 Å². The maximum Gasteiger partial charge on any atom is 0.223 e. The highest BCUT2D eigenvalue weighted by atomic mass is 16.3. The van der Waals surface area contributed by atoms with E-state index < -0.39 is 0 Å². The Morgan fingerprint density at radius 2 is 2.32 bits per heavy atom. The van der Waals surface area contributed by atoms with Crippen molar-refractivity contribution in [3.05, 3.63) is 35.8 Å². The molecule has 1 aliphatic heterocycles. The monoisotopic (exact) mass is 302 g/mol. The van der Waals surface area contributed by atoms with Gasteiger partial charge in [-0.2, -0.15) is 5.10 Å². The zero-order valence-corrected chi connectivity index (χ0v) is 13.2. The molecule has 0 unspecified atom stereocenters. The maximum absolute atomic E-state index is 12.4. The number of hydrogen-bond donors (Lipinski definition) is 0. The molecule has 0 aliphatic carbocycles. The van der Waals surface area contributed by atoms with Crippen LogP contribution in [0.1, 0.15) is 42.7 Å². The van der Waals surface area contributed by atoms with Gasteiger partial charge in [0, 0.05) is 25.9 Å². The highest BCUT2D eigenvalue weighted by molar-refractivity contribution is 5.76. The van der Waals surface area contributed by atoms with Gasteiger partial charge in [0.1, 0.15) is 17.4 Å². The first-order chi connectivity index (χ1) is 10.6. The van der Waals surface area contributed by atoms with Crippen LogP contribution in [0, 0.1) is 13.8 Å². The highest BCUT2D eigenvalue weighted by Crippen LogP contribution is 2.22. The van der Waals surface area contributed by atoms with E-state index in [-0.39, 0.29) is 11.9 Å². The van der Waals surface area contributed by atoms with Crippen LogP contribution in [-0.4, -0.2) is 38.7 Å². The third kappa shape index (κ3) is 3.21. The largest absolute Gasteiger partial charge is 0.469 e. The molecule has 3 rings (SSSR count). The van der Waals surface area contributed by atoms with Crippen LogP contribution in [0.5, 0.6) is 0 Å². The fourth-order valence-corrected chi connectivity index (χ4v) is 3.11. The average molecular weight is 302 g/mol. The van der Waals surface area contributed by atoms with E-state index in [1.54, 1.807) is 6.26 Å². The summed E-state index contributed by atoms with van der Waals surface area (Å²) in [5, 5.41) is 4.47. The Bertz CT molecular complexity index is 633. The molecular formula is C16H22N4O2. The van der Waals surface area contributed by atoms with Gasteiger partial charge in [-0.3, -0.25) is 4.79 Å². The van der Waals surface area contributed by atoms with Gasteiger partial charge in [-0.25, -0.2) is 9.67 Å². The lowest BCUT2D eigenvalue weighted by Gasteiger charge is -2.33. The van der Waals surface area contributed by atoms with Crippen molar-refractivity contribution in [1.29, 1.82) is 0 Å². The Labute approximate surface area is 130 Å². The Balaban J connectivity index is 1.60. The van der Waals surface area contributed by atoms with Crippen LogP contribution >= 0.6 is 0 Å². The van der Waals surface area contributed by atoms with Gasteiger partial charge in [0.2, 0.25) is 5.91 Å². The van der Waals surface area contributed by atoms with Crippen LogP contribution in [0.2, 0.25) is 0 Å². The second kappa shape index (κ2) is 6.34. The summed E-state index contributed by atoms with van der Waals surface area (Å²) in [5.74, 6) is 2.77. The molecule has 0 aromatic carbocycles. The van der Waals surface area contributed by atoms with Crippen LogP contribution < -0.4 is 0 Å². The molecule has 1 saturated heterocycles. The maximum atomic E-state index is 12.4. The van der Waals surface area contributed by atoms with Crippen LogP contribution in [-0.2, 0) is 11.2 Å². The van der Waals surface area contributed by atoms with E-state index in [9.17, 15) is 4.79 Å². The molecule has 0 bridgehead atoms. The summed E-state index contributed by atoms with van der Waals surface area (Å²) in [6.07, 6.45) is 4.86. The summed E-state index contributed by atoms with van der Waals surface area (Å²) in [6.45, 7) is 5.43. The van der Waals surface area contributed by atoms with E-state index in [1.807, 2.05) is 35.6 Å². The van der Waals surface area contributed by atoms with Gasteiger partial charge in [0.25, 0.3) is 0 Å². The van der Waals surface area contributed by atoms with Crippen LogP contribution in [0.25, 0.3) is 0 Å². The normalized spacial score (nSPS) is 18.6. The summed E-state index contributed by atoms with van der Waals surface area (Å²) in [7, 11) is 0. The minimum Gasteiger partial charge on any atom is -0.469 e. The van der Waals surface area contributed by atoms with Gasteiger partial charge in [0.15, 0.2) is 0 Å². The smallest absolute Gasteiger partial charge is 0.223 e. The fourth-order valence-electron chi connectivity index (χ4n) is 3.11. The summed E-state index contributed by atoms with van der Waals surface area (Å²) >= 11 is 0. The van der Waals surface area contributed by atoms with Crippen molar-refractivity contribution in [1.82, 2.24) is 19.7 Å². The van der Waals surface area contributed by atoms with Crippen LogP contribution in [0.4, 0.5) is 0 Å². The van der Waals surface area contributed by atoms with E-state index in [0.29, 0.717) is 12.8 Å². The van der Waals surface area contributed by atoms with E-state index in [1.165, 1.54) is 0 Å². The predicted molar refractivity (Wildman–Crippen MR) is 81.4 cm³/mol. The molecule has 6 heteroatoms. The van der Waals surface area contributed by atoms with Gasteiger partial charge in [-0.05, 0) is 38.8 Å². The van der Waals surface area contributed by atoms with Crippen molar-refractivity contribution in [3.63, 3.8) is 0 Å². The zero-order valence-electron chi connectivity index (χ0n) is 13.2. The van der Waals surface area contributed by atoms with Gasteiger partial charge >= 0.3 is 0 Å². The standard InChI is InChI=1S/C16H22N4O2/c1-12-17-13(2)20(18-12)14-5-3-9-19(11-14)16(21)8-7-15-6-4-10-22-15/h4,6,10,14H,3,5,7-9,11H2,1-2H3/t14-/m1/s1. The third-order valence-electron chi connectivity index (χ3n) is 4.17. The van der Waals surface area contributed by atoms with Gasteiger partial charge in [-0.1, -0.05) is 0 Å². The van der Waals surface area contributed by atoms with E-state index in [2.05, 4.69) is 10.1 Å². The first-order valence-corrected chi connectivity index (χ1v) is 7.83. The van der Waals surface area contributed by atoms with E-state index >= 15 is 0 Å². The summed E-state index contributed by atoms with van der Waals surface area (Å²) in [4.78, 5) is 18.7. The molecule has 0 N–H and O–H groups in total. The molecule has 0 radical (unpaired) electrons. The van der Waals surface area contributed by atoms with Gasteiger partial charge in [0.05, 0.1) is 12.3 Å². The molecule has 1 aliphatic rings. The fraction of sp³-hybridized carbons (Fsp3) is 0.562. The Kier molecular flexibility index (Phi) is 4.27. The second-order valence-corrected chi connectivity index (χ2v) is 5.87. The van der Waals surface area contributed by atoms with Crippen molar-refractivity contribution in [2.45, 2.75) is 45.6 Å². The Hall–Kier alpha value is -2.11. The quantitative estimate of drug-likeness (QED) is 0.869. The number of piperidine rings is 1. The second-order valence-electron chi connectivity index (χ2n) is 5.87. The van der Waals surface area contributed by atoms with Crippen molar-refractivity contribution < 1.29 is 9.21 Å². The molecule has 6 nitrogen and oxygen atoms in total. The number of nitrogens with zero attached hydrogens (tertiary/aromatic N) is 4. The number of hydrogen-bond acceptors (Lipinski definition) is 4. The molecule has 1 atom stereocenters. The van der Waals surface area contributed by atoms with Crippen LogP contribution in [0.3, 0.4) is 0 Å². The lowest BCUT2D eigenvalue weighted by Crippen LogP contribution is -2.41. The molecule has 2 aromatic rings. The molecule has 1 amide bonds. The summed E-state index contributed by atoms with van der Waals surface area (Å²) < 4.78 is 7.26. The molecule has 3 heterocycles. The third-order valence-corrected chi connectivity index (χ3v) is 4.17. The number of carbonyl (C=O) groups is 1. The first kappa shape index (κ1) is 14.8. The molecule has 1 fully saturated rings. The summed E-state index contributed by atoms with van der Waals surface area (Å²) in [5.41, 5.74) is 0. The summed E-state index contributed by atoms with van der Waals surface area (Å²) in [6, 6.07) is 4.00. The van der Waals surface area contributed by atoms with Crippen molar-refractivity contribution in [2.75, 3.05) is 13.1 Å². The zero-order chi connectivity index (χ0) is 15.5. The van der Waals surface area contributed by atoms with Crippen molar-refractivity contribution in [2.24, 2.45) is 0 Å². The molecule has 0 saturated carbocycles. The number of carbonyl (C=O) groups excluding carboxylic acids is 1. The number of likely N-dealkylation sites (tertiary alicyclic amines) is 1. The lowest BCUT2D eigenvalue weighted by molar-refractivity contribution is -0.132. The molecule has 2 aromatic heterocycles. The number of amides is 1. The minimum atomic E-state index is 0.190. The van der Waals surface area contributed by atoms with Gasteiger partial charge < -0.3 is 9.32 Å². The van der Waals surface area contributed by atoms with E-state index in [0.717, 1.165) is 43.3 Å². The Morgan fingerprint density at radius 3 is 3.00 bits per heavy atom. The molecule has 0 spiro atoms. The topological polar surface area (TPSA) is 64.2 Å². The molecule has 118 valence electrons. The van der Waals surface area contributed by atoms with Crippen molar-refractivity contribution >= 4 is 5.91 Å². The molecule has 22 heavy (non-hydrogen) atoms. The number of rotatable bonds is 4. The Morgan fingerprint density at radius 1 is 1.45 bits per heavy atom.